The van der Waals surface area contributed by atoms with Crippen LogP contribution in [-0.2, 0) is 9.53 Å². The molecule has 0 spiro atoms. The molecule has 2 amide bonds. The molecule has 5 nitrogen and oxygen atoms in total. The Hall–Kier alpha value is -2.02. The third kappa shape index (κ3) is 6.71. The van der Waals surface area contributed by atoms with Crippen molar-refractivity contribution in [2.45, 2.75) is 11.3 Å². The molecular weight excluding hydrogens is 372 g/mol. The van der Waals surface area contributed by atoms with E-state index in [4.69, 9.17) is 16.3 Å². The standard InChI is InChI=1S/C19H21ClN2O3S/c1-25-12-4-11-21-19(24)16-5-2-3-6-17(16)22-18(23)13-26-15-9-7-14(20)8-10-15/h2-3,5-10H,4,11-13H2,1H3,(H,21,24)(H,22,23). The Balaban J connectivity index is 1.90. The summed E-state index contributed by atoms with van der Waals surface area (Å²) in [4.78, 5) is 25.5. The average Bonchev–Trinajstić information content (AvgIpc) is 2.65. The first-order valence-electron chi connectivity index (χ1n) is 8.14. The van der Waals surface area contributed by atoms with Crippen molar-refractivity contribution >= 4 is 40.9 Å². The number of ether oxygens (including phenoxy) is 1. The van der Waals surface area contributed by atoms with Crippen LogP contribution in [0.4, 0.5) is 5.69 Å². The van der Waals surface area contributed by atoms with Gasteiger partial charge in [0.25, 0.3) is 5.91 Å². The summed E-state index contributed by atoms with van der Waals surface area (Å²) < 4.78 is 4.96. The van der Waals surface area contributed by atoms with Crippen molar-refractivity contribution in [3.63, 3.8) is 0 Å². The summed E-state index contributed by atoms with van der Waals surface area (Å²) >= 11 is 7.25. The highest BCUT2D eigenvalue weighted by molar-refractivity contribution is 8.00. The maximum Gasteiger partial charge on any atom is 0.253 e. The lowest BCUT2D eigenvalue weighted by atomic mass is 10.1. The Morgan fingerprint density at radius 3 is 2.58 bits per heavy atom. The zero-order chi connectivity index (χ0) is 18.8. The van der Waals surface area contributed by atoms with Gasteiger partial charge in [-0.2, -0.15) is 0 Å². The summed E-state index contributed by atoms with van der Waals surface area (Å²) in [5, 5.41) is 6.28. The van der Waals surface area contributed by atoms with Crippen molar-refractivity contribution in [2.75, 3.05) is 31.3 Å². The van der Waals surface area contributed by atoms with E-state index >= 15 is 0 Å². The topological polar surface area (TPSA) is 67.4 Å². The van der Waals surface area contributed by atoms with E-state index in [0.29, 0.717) is 29.4 Å². The van der Waals surface area contributed by atoms with Gasteiger partial charge in [0.05, 0.1) is 17.0 Å². The molecule has 0 radical (unpaired) electrons. The van der Waals surface area contributed by atoms with Gasteiger partial charge in [-0.3, -0.25) is 9.59 Å². The SMILES string of the molecule is COCCCNC(=O)c1ccccc1NC(=O)CSc1ccc(Cl)cc1. The molecule has 0 unspecified atom stereocenters. The second-order valence-electron chi connectivity index (χ2n) is 5.44. The van der Waals surface area contributed by atoms with E-state index in [-0.39, 0.29) is 17.6 Å². The minimum Gasteiger partial charge on any atom is -0.385 e. The molecule has 2 rings (SSSR count). The van der Waals surface area contributed by atoms with Crippen molar-refractivity contribution in [1.29, 1.82) is 0 Å². The lowest BCUT2D eigenvalue weighted by molar-refractivity contribution is -0.113. The van der Waals surface area contributed by atoms with Gasteiger partial charge in [-0.15, -0.1) is 11.8 Å². The largest absolute Gasteiger partial charge is 0.385 e. The first-order chi connectivity index (χ1) is 12.6. The van der Waals surface area contributed by atoms with Gasteiger partial charge in [0, 0.05) is 30.2 Å². The number of carbonyl (C=O) groups excluding carboxylic acids is 2. The van der Waals surface area contributed by atoms with Gasteiger partial charge in [0.15, 0.2) is 0 Å². The van der Waals surface area contributed by atoms with Crippen LogP contribution >= 0.6 is 23.4 Å². The van der Waals surface area contributed by atoms with Crippen LogP contribution in [0.3, 0.4) is 0 Å². The monoisotopic (exact) mass is 392 g/mol. The smallest absolute Gasteiger partial charge is 0.253 e. The molecule has 0 saturated heterocycles. The molecule has 7 heteroatoms. The maximum atomic E-state index is 12.3. The first kappa shape index (κ1) is 20.3. The number of thioether (sulfide) groups is 1. The molecule has 26 heavy (non-hydrogen) atoms. The fraction of sp³-hybridized carbons (Fsp3) is 0.263. The van der Waals surface area contributed by atoms with Gasteiger partial charge in [-0.25, -0.2) is 0 Å². The zero-order valence-electron chi connectivity index (χ0n) is 14.5. The summed E-state index contributed by atoms with van der Waals surface area (Å²) in [5.74, 6) is -0.155. The molecule has 0 saturated carbocycles. The normalized spacial score (nSPS) is 10.4. The van der Waals surface area contributed by atoms with Crippen molar-refractivity contribution in [1.82, 2.24) is 5.32 Å². The summed E-state index contributed by atoms with van der Waals surface area (Å²) in [7, 11) is 1.62. The molecule has 138 valence electrons. The van der Waals surface area contributed by atoms with E-state index in [0.717, 1.165) is 11.3 Å². The van der Waals surface area contributed by atoms with Gasteiger partial charge in [0.1, 0.15) is 0 Å². The van der Waals surface area contributed by atoms with Gasteiger partial charge in [0.2, 0.25) is 5.91 Å². The Bertz CT molecular complexity index is 738. The predicted octanol–water partition coefficient (Wildman–Crippen LogP) is 3.84. The van der Waals surface area contributed by atoms with Crippen LogP contribution in [0.2, 0.25) is 5.02 Å². The summed E-state index contributed by atoms with van der Waals surface area (Å²) in [6.45, 7) is 1.10. The third-order valence-corrected chi connectivity index (χ3v) is 4.70. The van der Waals surface area contributed by atoms with Crippen LogP contribution in [0, 0.1) is 0 Å². The van der Waals surface area contributed by atoms with Gasteiger partial charge in [-0.05, 0) is 42.8 Å². The minimum absolute atomic E-state index is 0.176. The molecule has 0 aliphatic heterocycles. The number of hydrogen-bond donors (Lipinski definition) is 2. The van der Waals surface area contributed by atoms with E-state index in [1.165, 1.54) is 11.8 Å². The van der Waals surface area contributed by atoms with E-state index in [2.05, 4.69) is 10.6 Å². The van der Waals surface area contributed by atoms with Gasteiger partial charge >= 0.3 is 0 Å². The number of hydrogen-bond acceptors (Lipinski definition) is 4. The van der Waals surface area contributed by atoms with Crippen LogP contribution < -0.4 is 10.6 Å². The molecule has 0 fully saturated rings. The van der Waals surface area contributed by atoms with Crippen molar-refractivity contribution in [3.8, 4) is 0 Å². The minimum atomic E-state index is -0.220. The fourth-order valence-corrected chi connectivity index (χ4v) is 2.99. The molecule has 0 aliphatic rings. The number of nitrogens with one attached hydrogen (secondary N) is 2. The molecule has 0 aromatic heterocycles. The Kier molecular flexibility index (Phi) is 8.47. The van der Waals surface area contributed by atoms with E-state index in [9.17, 15) is 9.59 Å². The van der Waals surface area contributed by atoms with E-state index < -0.39 is 0 Å². The Morgan fingerprint density at radius 1 is 1.12 bits per heavy atom. The molecular formula is C19H21ClN2O3S. The van der Waals surface area contributed by atoms with Crippen LogP contribution in [0.25, 0.3) is 0 Å². The average molecular weight is 393 g/mol. The Morgan fingerprint density at radius 2 is 1.85 bits per heavy atom. The molecule has 0 bridgehead atoms. The van der Waals surface area contributed by atoms with Gasteiger partial charge in [-0.1, -0.05) is 23.7 Å². The Labute approximate surface area is 162 Å². The van der Waals surface area contributed by atoms with Crippen molar-refractivity contribution in [2.24, 2.45) is 0 Å². The third-order valence-electron chi connectivity index (χ3n) is 3.44. The number of carbonyl (C=O) groups is 2. The molecule has 0 aliphatic carbocycles. The van der Waals surface area contributed by atoms with Crippen molar-refractivity contribution < 1.29 is 14.3 Å². The molecule has 0 atom stereocenters. The number of amides is 2. The maximum absolute atomic E-state index is 12.3. The van der Waals surface area contributed by atoms with Gasteiger partial charge < -0.3 is 15.4 Å². The highest BCUT2D eigenvalue weighted by atomic mass is 35.5. The quantitative estimate of drug-likeness (QED) is 0.502. The highest BCUT2D eigenvalue weighted by Gasteiger charge is 2.13. The predicted molar refractivity (Wildman–Crippen MR) is 106 cm³/mol. The number of methoxy groups -OCH3 is 1. The second kappa shape index (κ2) is 10.9. The summed E-state index contributed by atoms with van der Waals surface area (Å²) in [6.07, 6.45) is 0.731. The second-order valence-corrected chi connectivity index (χ2v) is 6.92. The van der Waals surface area contributed by atoms with Crippen LogP contribution in [-0.4, -0.2) is 37.8 Å². The molecule has 2 aromatic rings. The van der Waals surface area contributed by atoms with Crippen molar-refractivity contribution in [3.05, 3.63) is 59.1 Å². The zero-order valence-corrected chi connectivity index (χ0v) is 16.0. The summed E-state index contributed by atoms with van der Waals surface area (Å²) in [6, 6.07) is 14.2. The van der Waals surface area contributed by atoms with Crippen LogP contribution in [0.5, 0.6) is 0 Å². The first-order valence-corrected chi connectivity index (χ1v) is 9.51. The van der Waals surface area contributed by atoms with E-state index in [1.807, 2.05) is 12.1 Å². The van der Waals surface area contributed by atoms with Crippen LogP contribution in [0.1, 0.15) is 16.8 Å². The highest BCUT2D eigenvalue weighted by Crippen LogP contribution is 2.21. The number of benzene rings is 2. The lowest BCUT2D eigenvalue weighted by Gasteiger charge is -2.11. The molecule has 2 aromatic carbocycles. The molecule has 2 N–H and O–H groups in total. The number of para-hydroxylation sites is 1. The lowest BCUT2D eigenvalue weighted by Crippen LogP contribution is -2.27. The fourth-order valence-electron chi connectivity index (χ4n) is 2.17. The number of rotatable bonds is 9. The molecule has 0 heterocycles. The van der Waals surface area contributed by atoms with Crippen LogP contribution in [0.15, 0.2) is 53.4 Å². The number of anilines is 1. The summed E-state index contributed by atoms with van der Waals surface area (Å²) in [5.41, 5.74) is 0.938. The number of halogens is 1. The van der Waals surface area contributed by atoms with E-state index in [1.54, 1.807) is 43.5 Å².